The Morgan fingerprint density at radius 3 is 2.44 bits per heavy atom. The molecule has 1 heterocycles. The van der Waals surface area contributed by atoms with Gasteiger partial charge in [-0.05, 0) is 37.3 Å². The van der Waals surface area contributed by atoms with Crippen molar-refractivity contribution in [2.45, 2.75) is 25.7 Å². The maximum atomic E-state index is 13.1. The first kappa shape index (κ1) is 24.9. The predicted molar refractivity (Wildman–Crippen MR) is 129 cm³/mol. The summed E-state index contributed by atoms with van der Waals surface area (Å²) in [6.45, 7) is 6.07. The Kier molecular flexibility index (Phi) is 7.99. The highest BCUT2D eigenvalue weighted by atomic mass is 32.2. The van der Waals surface area contributed by atoms with Crippen LogP contribution in [-0.4, -0.2) is 48.2 Å². The Balaban J connectivity index is 2.19. The van der Waals surface area contributed by atoms with Crippen LogP contribution in [0, 0.1) is 11.3 Å². The molecule has 0 aliphatic rings. The fourth-order valence-electron chi connectivity index (χ4n) is 3.45. The lowest BCUT2D eigenvalue weighted by atomic mass is 10.1. The van der Waals surface area contributed by atoms with Gasteiger partial charge < -0.3 is 4.74 Å². The smallest absolute Gasteiger partial charge is 0.348 e. The monoisotopic (exact) mass is 478 g/mol. The second-order valence-corrected chi connectivity index (χ2v) is 9.16. The summed E-state index contributed by atoms with van der Waals surface area (Å²) >= 11 is 0. The Hall–Kier alpha value is -3.74. The standard InChI is InChI=1S/C25H26N4O4S/c1-4-28(5-2)34(31,32)23-14-10-11-19(16-23)24-21(15-20(17-26)25(30)33-6-3)18-29(27-24)22-12-8-7-9-13-22/h7-16,18H,4-6H2,1-3H3. The van der Waals surface area contributed by atoms with Crippen LogP contribution in [0.1, 0.15) is 26.3 Å². The fraction of sp³-hybridized carbons (Fsp3) is 0.240. The first-order valence-electron chi connectivity index (χ1n) is 10.9. The van der Waals surface area contributed by atoms with Crippen LogP contribution < -0.4 is 0 Å². The average molecular weight is 479 g/mol. The summed E-state index contributed by atoms with van der Waals surface area (Å²) in [4.78, 5) is 12.3. The van der Waals surface area contributed by atoms with Gasteiger partial charge in [0.05, 0.1) is 17.2 Å². The Morgan fingerprint density at radius 1 is 1.12 bits per heavy atom. The molecule has 2 aromatic carbocycles. The summed E-state index contributed by atoms with van der Waals surface area (Å²) in [6.07, 6.45) is 3.10. The molecule has 176 valence electrons. The lowest BCUT2D eigenvalue weighted by Gasteiger charge is -2.18. The zero-order valence-corrected chi connectivity index (χ0v) is 20.1. The molecule has 9 heteroatoms. The minimum atomic E-state index is -3.68. The number of ether oxygens (including phenoxy) is 1. The molecular formula is C25H26N4O4S. The van der Waals surface area contributed by atoms with Crippen LogP contribution in [0.15, 0.2) is 71.3 Å². The Bertz CT molecular complexity index is 1330. The maximum absolute atomic E-state index is 13.1. The van der Waals surface area contributed by atoms with Gasteiger partial charge in [-0.15, -0.1) is 0 Å². The molecule has 0 N–H and O–H groups in total. The van der Waals surface area contributed by atoms with Gasteiger partial charge in [0.25, 0.3) is 0 Å². The lowest BCUT2D eigenvalue weighted by molar-refractivity contribution is -0.137. The van der Waals surface area contributed by atoms with Crippen LogP contribution in [0.4, 0.5) is 0 Å². The van der Waals surface area contributed by atoms with E-state index in [4.69, 9.17) is 4.74 Å². The summed E-state index contributed by atoms with van der Waals surface area (Å²) in [5.41, 5.74) is 2.03. The molecule has 34 heavy (non-hydrogen) atoms. The molecule has 0 radical (unpaired) electrons. The van der Waals surface area contributed by atoms with E-state index in [0.717, 1.165) is 5.69 Å². The predicted octanol–water partition coefficient (Wildman–Crippen LogP) is 4.04. The number of aromatic nitrogens is 2. The van der Waals surface area contributed by atoms with Crippen molar-refractivity contribution in [2.75, 3.05) is 19.7 Å². The van der Waals surface area contributed by atoms with Gasteiger partial charge in [0.15, 0.2) is 0 Å². The maximum Gasteiger partial charge on any atom is 0.348 e. The number of rotatable bonds is 9. The lowest BCUT2D eigenvalue weighted by Crippen LogP contribution is -2.30. The molecule has 8 nitrogen and oxygen atoms in total. The molecule has 0 saturated carbocycles. The molecule has 1 aromatic heterocycles. The summed E-state index contributed by atoms with van der Waals surface area (Å²) < 4.78 is 34.1. The molecule has 0 atom stereocenters. The Morgan fingerprint density at radius 2 is 1.82 bits per heavy atom. The van der Waals surface area contributed by atoms with Crippen molar-refractivity contribution in [1.29, 1.82) is 5.26 Å². The number of nitriles is 1. The molecule has 3 aromatic rings. The van der Waals surface area contributed by atoms with E-state index in [1.807, 2.05) is 36.4 Å². The van der Waals surface area contributed by atoms with Crippen LogP contribution in [0.3, 0.4) is 0 Å². The molecule has 0 fully saturated rings. The van der Waals surface area contributed by atoms with E-state index >= 15 is 0 Å². The molecule has 0 aliphatic heterocycles. The second kappa shape index (κ2) is 10.9. The zero-order valence-electron chi connectivity index (χ0n) is 19.3. The number of hydrogen-bond donors (Lipinski definition) is 0. The third kappa shape index (κ3) is 5.25. The zero-order chi connectivity index (χ0) is 24.7. The van der Waals surface area contributed by atoms with E-state index in [9.17, 15) is 18.5 Å². The van der Waals surface area contributed by atoms with Gasteiger partial charge in [0.1, 0.15) is 17.3 Å². The van der Waals surface area contributed by atoms with Crippen LogP contribution in [-0.2, 0) is 19.6 Å². The van der Waals surface area contributed by atoms with Crippen molar-refractivity contribution < 1.29 is 17.9 Å². The average Bonchev–Trinajstić information content (AvgIpc) is 3.28. The molecule has 0 spiro atoms. The number of carbonyl (C=O) groups excluding carboxylic acids is 1. The number of sulfonamides is 1. The van der Waals surface area contributed by atoms with E-state index in [2.05, 4.69) is 5.10 Å². The number of carbonyl (C=O) groups is 1. The highest BCUT2D eigenvalue weighted by Gasteiger charge is 2.23. The van der Waals surface area contributed by atoms with E-state index in [-0.39, 0.29) is 17.1 Å². The van der Waals surface area contributed by atoms with Crippen LogP contribution in [0.5, 0.6) is 0 Å². The van der Waals surface area contributed by atoms with Gasteiger partial charge in [-0.3, -0.25) is 0 Å². The number of nitrogens with zero attached hydrogens (tertiary/aromatic N) is 4. The van der Waals surface area contributed by atoms with Crippen molar-refractivity contribution in [3.05, 3.63) is 71.9 Å². The largest absolute Gasteiger partial charge is 0.462 e. The van der Waals surface area contributed by atoms with Crippen LogP contribution >= 0.6 is 0 Å². The van der Waals surface area contributed by atoms with Crippen molar-refractivity contribution in [1.82, 2.24) is 14.1 Å². The first-order valence-corrected chi connectivity index (χ1v) is 12.3. The first-order chi connectivity index (χ1) is 16.3. The second-order valence-electron chi connectivity index (χ2n) is 7.22. The van der Waals surface area contributed by atoms with Gasteiger partial charge in [-0.25, -0.2) is 17.9 Å². The van der Waals surface area contributed by atoms with Crippen molar-refractivity contribution in [3.8, 4) is 23.0 Å². The van der Waals surface area contributed by atoms with Crippen LogP contribution in [0.25, 0.3) is 23.0 Å². The van der Waals surface area contributed by atoms with E-state index in [1.165, 1.54) is 10.4 Å². The topological polar surface area (TPSA) is 105 Å². The molecule has 0 unspecified atom stereocenters. The highest BCUT2D eigenvalue weighted by molar-refractivity contribution is 7.89. The summed E-state index contributed by atoms with van der Waals surface area (Å²) in [7, 11) is -3.68. The van der Waals surface area contributed by atoms with Crippen molar-refractivity contribution in [3.63, 3.8) is 0 Å². The molecule has 0 bridgehead atoms. The number of benzene rings is 2. The van der Waals surface area contributed by atoms with Crippen molar-refractivity contribution in [2.24, 2.45) is 0 Å². The SMILES string of the molecule is CCOC(=O)C(C#N)=Cc1cn(-c2ccccc2)nc1-c1cccc(S(=O)(=O)N(CC)CC)c1. The van der Waals surface area contributed by atoms with Gasteiger partial charge in [-0.2, -0.15) is 14.7 Å². The highest BCUT2D eigenvalue weighted by Crippen LogP contribution is 2.28. The van der Waals surface area contributed by atoms with Gasteiger partial charge >= 0.3 is 5.97 Å². The molecule has 0 saturated heterocycles. The number of para-hydroxylation sites is 1. The molecule has 3 rings (SSSR count). The van der Waals surface area contributed by atoms with E-state index in [1.54, 1.807) is 55.9 Å². The van der Waals surface area contributed by atoms with Gasteiger partial charge in [0, 0.05) is 30.4 Å². The van der Waals surface area contributed by atoms with E-state index < -0.39 is 16.0 Å². The summed E-state index contributed by atoms with van der Waals surface area (Å²) in [5.74, 6) is -0.735. The minimum absolute atomic E-state index is 0.138. The number of esters is 1. The van der Waals surface area contributed by atoms with E-state index in [0.29, 0.717) is 29.9 Å². The third-order valence-corrected chi connectivity index (χ3v) is 7.18. The molecule has 0 aliphatic carbocycles. The summed E-state index contributed by atoms with van der Waals surface area (Å²) in [6, 6.07) is 17.7. The summed E-state index contributed by atoms with van der Waals surface area (Å²) in [5, 5.41) is 14.2. The van der Waals surface area contributed by atoms with Gasteiger partial charge in [-0.1, -0.05) is 44.2 Å². The third-order valence-electron chi connectivity index (χ3n) is 5.13. The number of hydrogen-bond acceptors (Lipinski definition) is 6. The van der Waals surface area contributed by atoms with Crippen molar-refractivity contribution >= 4 is 22.1 Å². The van der Waals surface area contributed by atoms with Gasteiger partial charge in [0.2, 0.25) is 10.0 Å². The molecular weight excluding hydrogens is 452 g/mol. The van der Waals surface area contributed by atoms with Crippen LogP contribution in [0.2, 0.25) is 0 Å². The Labute approximate surface area is 199 Å². The molecule has 0 amide bonds. The minimum Gasteiger partial charge on any atom is -0.462 e. The normalized spacial score (nSPS) is 11.9. The quantitative estimate of drug-likeness (QED) is 0.261. The fourth-order valence-corrected chi connectivity index (χ4v) is 4.95.